The number of aryl methyl sites for hydroxylation is 2. The number of benzene rings is 2. The zero-order chi connectivity index (χ0) is 21.5. The summed E-state index contributed by atoms with van der Waals surface area (Å²) in [5.41, 5.74) is 2.79. The Hall–Kier alpha value is -2.56. The fourth-order valence-electron chi connectivity index (χ4n) is 3.03. The Bertz CT molecular complexity index is 1050. The number of methoxy groups -OCH3 is 1. The minimum Gasteiger partial charge on any atom is -0.496 e. The molecule has 1 heterocycles. The van der Waals surface area contributed by atoms with Crippen molar-refractivity contribution in [2.45, 2.75) is 33.3 Å². The molecule has 0 aliphatic carbocycles. The van der Waals surface area contributed by atoms with Gasteiger partial charge in [0.1, 0.15) is 18.1 Å². The van der Waals surface area contributed by atoms with Crippen LogP contribution in [-0.4, -0.2) is 12.9 Å². The molecule has 0 radical (unpaired) electrons. The van der Waals surface area contributed by atoms with Crippen LogP contribution in [0.4, 0.5) is 0 Å². The van der Waals surface area contributed by atoms with E-state index in [0.717, 1.165) is 45.9 Å². The first kappa shape index (κ1) is 22.1. The number of carbonyl (C=O) groups is 1. The SMILES string of the molecule is CCCc1ccc(C(=O)/C=C/c2ccc(OC)c(COc3ccc(Cl)c(C)c3)c2)s1. The monoisotopic (exact) mass is 440 g/mol. The second-order valence-corrected chi connectivity index (χ2v) is 8.56. The van der Waals surface area contributed by atoms with Crippen LogP contribution in [0.1, 0.15) is 44.6 Å². The smallest absolute Gasteiger partial charge is 0.195 e. The van der Waals surface area contributed by atoms with Gasteiger partial charge >= 0.3 is 0 Å². The number of carbonyl (C=O) groups excluding carboxylic acids is 1. The molecule has 3 aromatic rings. The predicted octanol–water partition coefficient (Wildman–Crippen LogP) is 7.15. The number of ketones is 1. The number of thiophene rings is 1. The molecular formula is C25H25ClO3S. The molecule has 0 fully saturated rings. The third-order valence-corrected chi connectivity index (χ3v) is 6.24. The summed E-state index contributed by atoms with van der Waals surface area (Å²) in [5, 5.41) is 0.712. The molecule has 0 aliphatic heterocycles. The lowest BCUT2D eigenvalue weighted by atomic mass is 10.1. The topological polar surface area (TPSA) is 35.5 Å². The lowest BCUT2D eigenvalue weighted by Gasteiger charge is -2.12. The van der Waals surface area contributed by atoms with Crippen LogP contribution in [0.5, 0.6) is 11.5 Å². The van der Waals surface area contributed by atoms with Crippen molar-refractivity contribution in [3.05, 3.63) is 86.1 Å². The summed E-state index contributed by atoms with van der Waals surface area (Å²) < 4.78 is 11.4. The molecule has 0 bridgehead atoms. The molecular weight excluding hydrogens is 416 g/mol. The number of ether oxygens (including phenoxy) is 2. The minimum absolute atomic E-state index is 0.0209. The Morgan fingerprint density at radius 2 is 1.97 bits per heavy atom. The van der Waals surface area contributed by atoms with Gasteiger partial charge in [-0.1, -0.05) is 37.1 Å². The Kier molecular flexibility index (Phi) is 7.72. The van der Waals surface area contributed by atoms with Gasteiger partial charge in [0.05, 0.1) is 12.0 Å². The van der Waals surface area contributed by atoms with Gasteiger partial charge in [0.15, 0.2) is 5.78 Å². The molecule has 0 unspecified atom stereocenters. The fourth-order valence-corrected chi connectivity index (χ4v) is 4.18. The molecule has 0 saturated heterocycles. The summed E-state index contributed by atoms with van der Waals surface area (Å²) in [6.07, 6.45) is 5.54. The lowest BCUT2D eigenvalue weighted by Crippen LogP contribution is -1.99. The highest BCUT2D eigenvalue weighted by Gasteiger charge is 2.08. The molecule has 156 valence electrons. The maximum absolute atomic E-state index is 12.5. The van der Waals surface area contributed by atoms with Crippen molar-refractivity contribution in [1.82, 2.24) is 0 Å². The van der Waals surface area contributed by atoms with Crippen LogP contribution in [0.2, 0.25) is 5.02 Å². The third-order valence-electron chi connectivity index (χ3n) is 4.66. The van der Waals surface area contributed by atoms with Gasteiger partial charge in [0, 0.05) is 15.5 Å². The van der Waals surface area contributed by atoms with E-state index in [0.29, 0.717) is 11.6 Å². The van der Waals surface area contributed by atoms with Crippen molar-refractivity contribution in [3.8, 4) is 11.5 Å². The molecule has 0 atom stereocenters. The van der Waals surface area contributed by atoms with Crippen molar-refractivity contribution >= 4 is 34.8 Å². The van der Waals surface area contributed by atoms with E-state index in [1.807, 2.05) is 61.5 Å². The van der Waals surface area contributed by atoms with Gasteiger partial charge in [-0.05, 0) is 73.0 Å². The van der Waals surface area contributed by atoms with E-state index in [9.17, 15) is 4.79 Å². The first-order valence-electron chi connectivity index (χ1n) is 9.87. The second kappa shape index (κ2) is 10.5. The van der Waals surface area contributed by atoms with Gasteiger partial charge in [-0.2, -0.15) is 0 Å². The molecule has 3 nitrogen and oxygen atoms in total. The molecule has 0 saturated carbocycles. The van der Waals surface area contributed by atoms with Gasteiger partial charge in [0.2, 0.25) is 0 Å². The zero-order valence-corrected chi connectivity index (χ0v) is 19.0. The van der Waals surface area contributed by atoms with Crippen LogP contribution in [0.25, 0.3) is 6.08 Å². The summed E-state index contributed by atoms with van der Waals surface area (Å²) in [4.78, 5) is 14.5. The molecule has 0 N–H and O–H groups in total. The van der Waals surface area contributed by atoms with Gasteiger partial charge in [-0.25, -0.2) is 0 Å². The van der Waals surface area contributed by atoms with Gasteiger partial charge in [0.25, 0.3) is 0 Å². The van der Waals surface area contributed by atoms with Crippen molar-refractivity contribution in [2.75, 3.05) is 7.11 Å². The highest BCUT2D eigenvalue weighted by Crippen LogP contribution is 2.26. The largest absolute Gasteiger partial charge is 0.496 e. The number of hydrogen-bond donors (Lipinski definition) is 0. The Morgan fingerprint density at radius 1 is 1.13 bits per heavy atom. The maximum atomic E-state index is 12.5. The van der Waals surface area contributed by atoms with Crippen LogP contribution in [-0.2, 0) is 13.0 Å². The summed E-state index contributed by atoms with van der Waals surface area (Å²) in [6.45, 7) is 4.43. The Balaban J connectivity index is 1.71. The summed E-state index contributed by atoms with van der Waals surface area (Å²) in [6, 6.07) is 15.3. The summed E-state index contributed by atoms with van der Waals surface area (Å²) >= 11 is 7.65. The van der Waals surface area contributed by atoms with E-state index < -0.39 is 0 Å². The van der Waals surface area contributed by atoms with Crippen LogP contribution in [0, 0.1) is 6.92 Å². The van der Waals surface area contributed by atoms with E-state index in [2.05, 4.69) is 6.92 Å². The van der Waals surface area contributed by atoms with Gasteiger partial charge in [-0.15, -0.1) is 11.3 Å². The molecule has 5 heteroatoms. The first-order chi connectivity index (χ1) is 14.5. The number of rotatable bonds is 9. The highest BCUT2D eigenvalue weighted by molar-refractivity contribution is 7.14. The van der Waals surface area contributed by atoms with Gasteiger partial charge in [-0.3, -0.25) is 4.79 Å². The van der Waals surface area contributed by atoms with Crippen LogP contribution in [0.3, 0.4) is 0 Å². The highest BCUT2D eigenvalue weighted by atomic mass is 35.5. The second-order valence-electron chi connectivity index (χ2n) is 6.98. The summed E-state index contributed by atoms with van der Waals surface area (Å²) in [5.74, 6) is 1.51. The lowest BCUT2D eigenvalue weighted by molar-refractivity contribution is 0.105. The molecule has 2 aromatic carbocycles. The number of hydrogen-bond acceptors (Lipinski definition) is 4. The average molecular weight is 441 g/mol. The van der Waals surface area contributed by atoms with Crippen LogP contribution < -0.4 is 9.47 Å². The van der Waals surface area contributed by atoms with E-state index >= 15 is 0 Å². The molecule has 0 aliphatic rings. The van der Waals surface area contributed by atoms with Crippen molar-refractivity contribution in [3.63, 3.8) is 0 Å². The molecule has 1 aromatic heterocycles. The van der Waals surface area contributed by atoms with E-state index in [1.165, 1.54) is 4.88 Å². The molecule has 0 spiro atoms. The standard InChI is InChI=1S/C25H25ClO3S/c1-4-5-21-9-13-25(30-21)23(27)11-6-18-7-12-24(28-3)19(15-18)16-29-20-8-10-22(26)17(2)14-20/h6-15H,4-5,16H2,1-3H3/b11-6+. The number of allylic oxidation sites excluding steroid dienone is 1. The zero-order valence-electron chi connectivity index (χ0n) is 17.4. The summed E-state index contributed by atoms with van der Waals surface area (Å²) in [7, 11) is 1.63. The van der Waals surface area contributed by atoms with E-state index in [4.69, 9.17) is 21.1 Å². The van der Waals surface area contributed by atoms with Crippen molar-refractivity contribution in [1.29, 1.82) is 0 Å². The van der Waals surface area contributed by atoms with Crippen LogP contribution in [0.15, 0.2) is 54.6 Å². The third kappa shape index (κ3) is 5.74. The Labute approximate surface area is 186 Å². The quantitative estimate of drug-likeness (QED) is 0.262. The fraction of sp³-hybridized carbons (Fsp3) is 0.240. The predicted molar refractivity (Wildman–Crippen MR) is 125 cm³/mol. The number of halogens is 1. The van der Waals surface area contributed by atoms with Gasteiger partial charge < -0.3 is 9.47 Å². The van der Waals surface area contributed by atoms with E-state index in [-0.39, 0.29) is 5.78 Å². The van der Waals surface area contributed by atoms with Crippen LogP contribution >= 0.6 is 22.9 Å². The maximum Gasteiger partial charge on any atom is 0.195 e. The molecule has 30 heavy (non-hydrogen) atoms. The first-order valence-corrected chi connectivity index (χ1v) is 11.1. The molecule has 3 rings (SSSR count). The van der Waals surface area contributed by atoms with Crippen molar-refractivity contribution < 1.29 is 14.3 Å². The minimum atomic E-state index is 0.0209. The Morgan fingerprint density at radius 3 is 2.70 bits per heavy atom. The normalized spacial score (nSPS) is 11.1. The van der Waals surface area contributed by atoms with Crippen molar-refractivity contribution in [2.24, 2.45) is 0 Å². The van der Waals surface area contributed by atoms with E-state index in [1.54, 1.807) is 24.5 Å². The molecule has 0 amide bonds. The average Bonchev–Trinajstić information content (AvgIpc) is 3.22.